The summed E-state index contributed by atoms with van der Waals surface area (Å²) in [7, 11) is 0. The summed E-state index contributed by atoms with van der Waals surface area (Å²) in [6, 6.07) is 0. The molecule has 0 atom stereocenters. The van der Waals surface area contributed by atoms with Crippen LogP contribution < -0.4 is 0 Å². The second-order valence-corrected chi connectivity index (χ2v) is 3.34. The van der Waals surface area contributed by atoms with Gasteiger partial charge in [0.1, 0.15) is 0 Å². The molecule has 0 aliphatic carbocycles. The summed E-state index contributed by atoms with van der Waals surface area (Å²) in [4.78, 5) is 14.2. The molecule has 0 aliphatic heterocycles. The third-order valence-corrected chi connectivity index (χ3v) is 2.36. The zero-order valence-electron chi connectivity index (χ0n) is 7.80. The van der Waals surface area contributed by atoms with Gasteiger partial charge < -0.3 is 5.11 Å². The Hall–Kier alpha value is -1.23. The lowest BCUT2D eigenvalue weighted by molar-refractivity contribution is -0.136. The van der Waals surface area contributed by atoms with Crippen LogP contribution in [-0.2, 0) is 11.2 Å². The van der Waals surface area contributed by atoms with Gasteiger partial charge in [-0.25, -0.2) is 8.78 Å². The van der Waals surface area contributed by atoms with E-state index in [4.69, 9.17) is 16.7 Å². The molecule has 1 aromatic heterocycles. The first-order valence-corrected chi connectivity index (χ1v) is 4.45. The molecule has 0 saturated heterocycles. The van der Waals surface area contributed by atoms with E-state index in [1.54, 1.807) is 0 Å². The van der Waals surface area contributed by atoms with Crippen LogP contribution in [0.5, 0.6) is 0 Å². The molecule has 1 heterocycles. The predicted molar refractivity (Wildman–Crippen MR) is 50.3 cm³/mol. The number of carboxylic acids is 1. The van der Waals surface area contributed by atoms with E-state index in [-0.39, 0.29) is 10.6 Å². The number of carboxylic acid groups (broad SMARTS) is 1. The van der Waals surface area contributed by atoms with Crippen LogP contribution in [0.25, 0.3) is 0 Å². The largest absolute Gasteiger partial charge is 0.481 e. The molecule has 1 N–H and O–H groups in total. The van der Waals surface area contributed by atoms with E-state index in [1.807, 2.05) is 0 Å². The zero-order chi connectivity index (χ0) is 11.6. The normalized spacial score (nSPS) is 10.7. The number of alkyl halides is 2. The van der Waals surface area contributed by atoms with Crippen LogP contribution in [0.2, 0.25) is 5.02 Å². The summed E-state index contributed by atoms with van der Waals surface area (Å²) in [5, 5.41) is 8.36. The Morgan fingerprint density at radius 3 is 2.73 bits per heavy atom. The first kappa shape index (κ1) is 11.8. The third-order valence-electron chi connectivity index (χ3n) is 1.92. The highest BCUT2D eigenvalue weighted by Gasteiger charge is 2.18. The molecule has 15 heavy (non-hydrogen) atoms. The minimum atomic E-state index is -2.75. The fourth-order valence-electron chi connectivity index (χ4n) is 1.14. The molecular weight excluding hydrogens is 228 g/mol. The molecular formula is C9H8ClF2NO2. The lowest BCUT2D eigenvalue weighted by Crippen LogP contribution is -2.06. The van der Waals surface area contributed by atoms with Crippen molar-refractivity contribution in [3.8, 4) is 0 Å². The first-order valence-electron chi connectivity index (χ1n) is 4.07. The Kier molecular flexibility index (Phi) is 3.57. The molecule has 3 nitrogen and oxygen atoms in total. The van der Waals surface area contributed by atoms with E-state index in [0.29, 0.717) is 5.69 Å². The number of carbonyl (C=O) groups is 1. The molecule has 1 rings (SSSR count). The van der Waals surface area contributed by atoms with Gasteiger partial charge in [-0.15, -0.1) is 0 Å². The Labute approximate surface area is 89.7 Å². The van der Waals surface area contributed by atoms with Crippen molar-refractivity contribution in [3.05, 3.63) is 28.0 Å². The van der Waals surface area contributed by atoms with E-state index in [0.717, 1.165) is 6.20 Å². The number of aromatic nitrogens is 1. The van der Waals surface area contributed by atoms with Crippen molar-refractivity contribution in [2.45, 2.75) is 19.8 Å². The minimum absolute atomic E-state index is 0.141. The maximum atomic E-state index is 12.4. The fourth-order valence-corrected chi connectivity index (χ4v) is 1.48. The standard InChI is InChI=1S/C9H8ClF2NO2/c1-4-5(2-7(14)15)8(10)6(3-13-4)9(11)12/h3,9H,2H2,1H3,(H,14,15). The lowest BCUT2D eigenvalue weighted by atomic mass is 10.1. The number of aliphatic carboxylic acids is 1. The Balaban J connectivity index is 3.23. The number of aryl methyl sites for hydroxylation is 1. The lowest BCUT2D eigenvalue weighted by Gasteiger charge is -2.09. The highest BCUT2D eigenvalue weighted by molar-refractivity contribution is 6.32. The van der Waals surface area contributed by atoms with E-state index < -0.39 is 24.4 Å². The van der Waals surface area contributed by atoms with Gasteiger partial charge in [0, 0.05) is 17.5 Å². The molecule has 82 valence electrons. The van der Waals surface area contributed by atoms with E-state index in [1.165, 1.54) is 6.92 Å². The van der Waals surface area contributed by atoms with Crippen molar-refractivity contribution in [2.75, 3.05) is 0 Å². The maximum Gasteiger partial charge on any atom is 0.307 e. The van der Waals surface area contributed by atoms with Crippen LogP contribution in [0.4, 0.5) is 8.78 Å². The molecule has 6 heteroatoms. The second-order valence-electron chi connectivity index (χ2n) is 2.96. The van der Waals surface area contributed by atoms with Gasteiger partial charge in [0.2, 0.25) is 0 Å². The Morgan fingerprint density at radius 1 is 1.67 bits per heavy atom. The van der Waals surface area contributed by atoms with E-state index >= 15 is 0 Å². The van der Waals surface area contributed by atoms with E-state index in [2.05, 4.69) is 4.98 Å². The van der Waals surface area contributed by atoms with Gasteiger partial charge in [-0.3, -0.25) is 9.78 Å². The number of rotatable bonds is 3. The minimum Gasteiger partial charge on any atom is -0.481 e. The third kappa shape index (κ3) is 2.62. The number of hydrogen-bond acceptors (Lipinski definition) is 2. The zero-order valence-corrected chi connectivity index (χ0v) is 8.55. The van der Waals surface area contributed by atoms with Crippen molar-refractivity contribution >= 4 is 17.6 Å². The quantitative estimate of drug-likeness (QED) is 0.876. The number of pyridine rings is 1. The number of nitrogens with zero attached hydrogens (tertiary/aromatic N) is 1. The van der Waals surface area contributed by atoms with Gasteiger partial charge >= 0.3 is 5.97 Å². The fraction of sp³-hybridized carbons (Fsp3) is 0.333. The highest BCUT2D eigenvalue weighted by Crippen LogP contribution is 2.30. The van der Waals surface area contributed by atoms with Crippen molar-refractivity contribution < 1.29 is 18.7 Å². The van der Waals surface area contributed by atoms with Crippen LogP contribution in [-0.4, -0.2) is 16.1 Å². The van der Waals surface area contributed by atoms with Crippen molar-refractivity contribution in [1.82, 2.24) is 4.98 Å². The average molecular weight is 236 g/mol. The van der Waals surface area contributed by atoms with Crippen LogP contribution >= 0.6 is 11.6 Å². The molecule has 0 aromatic carbocycles. The molecule has 0 unspecified atom stereocenters. The van der Waals surface area contributed by atoms with Crippen LogP contribution in [0.1, 0.15) is 23.2 Å². The Morgan fingerprint density at radius 2 is 2.27 bits per heavy atom. The summed E-state index contributed by atoms with van der Waals surface area (Å²) < 4.78 is 24.8. The summed E-state index contributed by atoms with van der Waals surface area (Å²) >= 11 is 5.67. The molecule has 0 aliphatic rings. The van der Waals surface area contributed by atoms with Gasteiger partial charge in [-0.05, 0) is 6.92 Å². The van der Waals surface area contributed by atoms with Crippen LogP contribution in [0.15, 0.2) is 6.20 Å². The van der Waals surface area contributed by atoms with Gasteiger partial charge in [0.05, 0.1) is 17.0 Å². The summed E-state index contributed by atoms with van der Waals surface area (Å²) in [5.74, 6) is -1.13. The van der Waals surface area contributed by atoms with Gasteiger partial charge in [0.15, 0.2) is 0 Å². The predicted octanol–water partition coefficient (Wildman–Crippen LogP) is 2.61. The first-order chi connectivity index (χ1) is 6.93. The average Bonchev–Trinajstić information content (AvgIpc) is 2.11. The molecule has 0 saturated carbocycles. The molecule has 0 bridgehead atoms. The number of halogens is 3. The van der Waals surface area contributed by atoms with Crippen molar-refractivity contribution in [1.29, 1.82) is 0 Å². The molecule has 0 spiro atoms. The SMILES string of the molecule is Cc1ncc(C(F)F)c(Cl)c1CC(=O)O. The summed E-state index contributed by atoms with van der Waals surface area (Å²) in [6.07, 6.45) is -2.19. The van der Waals surface area contributed by atoms with Gasteiger partial charge in [-0.2, -0.15) is 0 Å². The molecule has 0 fully saturated rings. The Bertz CT molecular complexity index is 396. The molecule has 1 aromatic rings. The van der Waals surface area contributed by atoms with Crippen LogP contribution in [0.3, 0.4) is 0 Å². The van der Waals surface area contributed by atoms with Gasteiger partial charge in [-0.1, -0.05) is 11.6 Å². The van der Waals surface area contributed by atoms with Crippen molar-refractivity contribution in [2.24, 2.45) is 0 Å². The van der Waals surface area contributed by atoms with Gasteiger partial charge in [0.25, 0.3) is 6.43 Å². The highest BCUT2D eigenvalue weighted by atomic mass is 35.5. The smallest absolute Gasteiger partial charge is 0.307 e. The maximum absolute atomic E-state index is 12.4. The topological polar surface area (TPSA) is 50.2 Å². The van der Waals surface area contributed by atoms with Crippen LogP contribution in [0, 0.1) is 6.92 Å². The van der Waals surface area contributed by atoms with Crippen molar-refractivity contribution in [3.63, 3.8) is 0 Å². The summed E-state index contributed by atoms with van der Waals surface area (Å²) in [6.45, 7) is 1.53. The van der Waals surface area contributed by atoms with E-state index in [9.17, 15) is 13.6 Å². The molecule has 0 radical (unpaired) electrons. The second kappa shape index (κ2) is 4.53. The number of hydrogen-bond donors (Lipinski definition) is 1. The monoisotopic (exact) mass is 235 g/mol. The molecule has 0 amide bonds. The summed E-state index contributed by atoms with van der Waals surface area (Å²) in [5.41, 5.74) is 0.0623.